The summed E-state index contributed by atoms with van der Waals surface area (Å²) in [5.74, 6) is -0.581. The van der Waals surface area contributed by atoms with Crippen LogP contribution < -0.4 is 14.4 Å². The number of rotatable bonds is 12. The molecule has 2 rings (SSSR count). The number of nitrogens with one attached hydrogen (secondary N) is 1. The fraction of sp³-hybridized carbons (Fsp3) is 0.417. The van der Waals surface area contributed by atoms with E-state index in [1.54, 1.807) is 39.2 Å². The van der Waals surface area contributed by atoms with Crippen molar-refractivity contribution < 1.29 is 27.1 Å². The summed E-state index contributed by atoms with van der Waals surface area (Å²) < 4.78 is 44.8. The number of para-hydroxylation sites is 1. The molecular formula is C24H32FN3O5S. The van der Waals surface area contributed by atoms with E-state index in [4.69, 9.17) is 4.74 Å². The van der Waals surface area contributed by atoms with Gasteiger partial charge in [-0.05, 0) is 50.1 Å². The maximum absolute atomic E-state index is 14.2. The van der Waals surface area contributed by atoms with E-state index in [1.807, 2.05) is 12.1 Å². The Hall–Kier alpha value is -3.14. The number of ether oxygens (including phenoxy) is 1. The Labute approximate surface area is 200 Å². The Kier molecular flexibility index (Phi) is 9.85. The van der Waals surface area contributed by atoms with Gasteiger partial charge in [0.1, 0.15) is 17.6 Å². The number of hydrogen-bond acceptors (Lipinski definition) is 5. The van der Waals surface area contributed by atoms with Crippen LogP contribution in [-0.2, 0) is 26.2 Å². The van der Waals surface area contributed by atoms with Crippen molar-refractivity contribution in [3.8, 4) is 5.75 Å². The van der Waals surface area contributed by atoms with Crippen LogP contribution in [0.1, 0.15) is 32.3 Å². The molecule has 1 N–H and O–H groups in total. The first-order chi connectivity index (χ1) is 16.1. The monoisotopic (exact) mass is 493 g/mol. The highest BCUT2D eigenvalue weighted by atomic mass is 32.2. The van der Waals surface area contributed by atoms with E-state index in [-0.39, 0.29) is 43.4 Å². The minimum absolute atomic E-state index is 0.0135. The van der Waals surface area contributed by atoms with Crippen molar-refractivity contribution in [1.82, 2.24) is 10.2 Å². The molecule has 2 amide bonds. The largest absolute Gasteiger partial charge is 0.497 e. The van der Waals surface area contributed by atoms with Gasteiger partial charge in [0.2, 0.25) is 21.8 Å². The van der Waals surface area contributed by atoms with Crippen molar-refractivity contribution >= 4 is 27.5 Å². The van der Waals surface area contributed by atoms with Gasteiger partial charge in [0.25, 0.3) is 0 Å². The zero-order chi connectivity index (χ0) is 25.3. The third kappa shape index (κ3) is 7.44. The molecule has 0 fully saturated rings. The van der Waals surface area contributed by atoms with E-state index in [2.05, 4.69) is 5.32 Å². The number of amides is 2. The van der Waals surface area contributed by atoms with Gasteiger partial charge in [0.15, 0.2) is 0 Å². The highest BCUT2D eigenvalue weighted by molar-refractivity contribution is 7.92. The van der Waals surface area contributed by atoms with Gasteiger partial charge in [0.05, 0.1) is 19.1 Å². The van der Waals surface area contributed by atoms with Gasteiger partial charge < -0.3 is 15.0 Å². The molecule has 2 aromatic rings. The maximum atomic E-state index is 14.2. The molecular weight excluding hydrogens is 461 g/mol. The number of nitrogens with zero attached hydrogens (tertiary/aromatic N) is 2. The lowest BCUT2D eigenvalue weighted by molar-refractivity contribution is -0.140. The number of carbonyl (C=O) groups is 2. The lowest BCUT2D eigenvalue weighted by atomic mass is 10.1. The number of sulfonamides is 1. The summed E-state index contributed by atoms with van der Waals surface area (Å²) in [6.45, 7) is 4.00. The van der Waals surface area contributed by atoms with E-state index >= 15 is 0 Å². The Morgan fingerprint density at radius 2 is 1.76 bits per heavy atom. The SMILES string of the molecule is CCNC(=O)[C@H](C)N(Cc1ccc(OC)cc1)C(=O)CCCN(c1ccccc1F)S(C)(=O)=O. The summed E-state index contributed by atoms with van der Waals surface area (Å²) in [5, 5.41) is 2.72. The number of likely N-dealkylation sites (N-methyl/N-ethyl adjacent to an activating group) is 1. The van der Waals surface area contributed by atoms with Gasteiger partial charge >= 0.3 is 0 Å². The smallest absolute Gasteiger partial charge is 0.242 e. The quantitative estimate of drug-likeness (QED) is 0.491. The van der Waals surface area contributed by atoms with Crippen LogP contribution in [0.5, 0.6) is 5.75 Å². The number of halogens is 1. The van der Waals surface area contributed by atoms with Crippen LogP contribution >= 0.6 is 0 Å². The molecule has 0 bridgehead atoms. The van der Waals surface area contributed by atoms with Crippen LogP contribution in [0.4, 0.5) is 10.1 Å². The summed E-state index contributed by atoms with van der Waals surface area (Å²) in [4.78, 5) is 27.1. The average molecular weight is 494 g/mol. The molecule has 0 saturated heterocycles. The average Bonchev–Trinajstić information content (AvgIpc) is 2.80. The number of carbonyl (C=O) groups excluding carboxylic acids is 2. The molecule has 8 nitrogen and oxygen atoms in total. The van der Waals surface area contributed by atoms with Crippen LogP contribution in [-0.4, -0.2) is 57.6 Å². The summed E-state index contributed by atoms with van der Waals surface area (Å²) >= 11 is 0. The van der Waals surface area contributed by atoms with Crippen LogP contribution in [0.15, 0.2) is 48.5 Å². The molecule has 1 atom stereocenters. The molecule has 0 aliphatic heterocycles. The highest BCUT2D eigenvalue weighted by Gasteiger charge is 2.26. The molecule has 10 heteroatoms. The fourth-order valence-corrected chi connectivity index (χ4v) is 4.43. The molecule has 0 spiro atoms. The van der Waals surface area contributed by atoms with Gasteiger partial charge in [0, 0.05) is 26.1 Å². The number of hydrogen-bond donors (Lipinski definition) is 1. The first-order valence-corrected chi connectivity index (χ1v) is 12.9. The molecule has 0 radical (unpaired) electrons. The summed E-state index contributed by atoms with van der Waals surface area (Å²) in [6, 6.07) is 12.0. The van der Waals surface area contributed by atoms with Crippen LogP contribution in [0.2, 0.25) is 0 Å². The van der Waals surface area contributed by atoms with Crippen molar-refractivity contribution in [2.75, 3.05) is 30.8 Å². The summed E-state index contributed by atoms with van der Waals surface area (Å²) in [6.07, 6.45) is 1.14. The molecule has 0 heterocycles. The first-order valence-electron chi connectivity index (χ1n) is 11.0. The van der Waals surface area contributed by atoms with Crippen molar-refractivity contribution in [2.24, 2.45) is 0 Å². The zero-order valence-corrected chi connectivity index (χ0v) is 20.8. The lowest BCUT2D eigenvalue weighted by Crippen LogP contribution is -2.47. The van der Waals surface area contributed by atoms with Crippen LogP contribution in [0.25, 0.3) is 0 Å². The Morgan fingerprint density at radius 1 is 1.12 bits per heavy atom. The van der Waals surface area contributed by atoms with E-state index in [0.717, 1.165) is 16.1 Å². The molecule has 0 aliphatic carbocycles. The van der Waals surface area contributed by atoms with E-state index in [9.17, 15) is 22.4 Å². The van der Waals surface area contributed by atoms with Crippen LogP contribution in [0.3, 0.4) is 0 Å². The number of methoxy groups -OCH3 is 1. The van der Waals surface area contributed by atoms with Gasteiger partial charge in [-0.1, -0.05) is 24.3 Å². The lowest BCUT2D eigenvalue weighted by Gasteiger charge is -2.29. The van der Waals surface area contributed by atoms with Crippen molar-refractivity contribution in [1.29, 1.82) is 0 Å². The van der Waals surface area contributed by atoms with E-state index in [0.29, 0.717) is 12.3 Å². The van der Waals surface area contributed by atoms with Gasteiger partial charge in [-0.3, -0.25) is 13.9 Å². The van der Waals surface area contributed by atoms with Gasteiger partial charge in [-0.15, -0.1) is 0 Å². The second-order valence-corrected chi connectivity index (χ2v) is 9.74. The normalized spacial score (nSPS) is 12.0. The second-order valence-electron chi connectivity index (χ2n) is 7.83. The summed E-state index contributed by atoms with van der Waals surface area (Å²) in [7, 11) is -2.20. The molecule has 186 valence electrons. The number of benzene rings is 2. The minimum Gasteiger partial charge on any atom is -0.497 e. The number of anilines is 1. The molecule has 0 aromatic heterocycles. The maximum Gasteiger partial charge on any atom is 0.242 e. The Bertz CT molecular complexity index is 1080. The molecule has 34 heavy (non-hydrogen) atoms. The fourth-order valence-electron chi connectivity index (χ4n) is 3.47. The van der Waals surface area contributed by atoms with Crippen molar-refractivity contribution in [3.05, 3.63) is 59.9 Å². The molecule has 0 unspecified atom stereocenters. The van der Waals surface area contributed by atoms with Crippen LogP contribution in [0, 0.1) is 5.82 Å². The Morgan fingerprint density at radius 3 is 2.32 bits per heavy atom. The molecule has 2 aromatic carbocycles. The Balaban J connectivity index is 2.16. The third-order valence-corrected chi connectivity index (χ3v) is 6.48. The minimum atomic E-state index is -3.76. The van der Waals surface area contributed by atoms with Crippen molar-refractivity contribution in [3.63, 3.8) is 0 Å². The standard InChI is InChI=1S/C24H32FN3O5S/c1-5-26-24(30)18(2)27(17-19-12-14-20(33-3)15-13-19)23(29)11-8-16-28(34(4,31)32)22-10-7-6-9-21(22)25/h6-7,9-10,12-15,18H,5,8,11,16-17H2,1-4H3,(H,26,30)/t18-/m0/s1. The second kappa shape index (κ2) is 12.4. The highest BCUT2D eigenvalue weighted by Crippen LogP contribution is 2.22. The van der Waals surface area contributed by atoms with E-state index in [1.165, 1.54) is 23.1 Å². The summed E-state index contributed by atoms with van der Waals surface area (Å²) in [5.41, 5.74) is 0.748. The van der Waals surface area contributed by atoms with E-state index < -0.39 is 21.9 Å². The topological polar surface area (TPSA) is 96.0 Å². The predicted octanol–water partition coefficient (Wildman–Crippen LogP) is 2.93. The molecule has 0 saturated carbocycles. The first kappa shape index (κ1) is 27.1. The van der Waals surface area contributed by atoms with Crippen molar-refractivity contribution in [2.45, 2.75) is 39.3 Å². The zero-order valence-electron chi connectivity index (χ0n) is 20.0. The van der Waals surface area contributed by atoms with Gasteiger partial charge in [-0.2, -0.15) is 0 Å². The molecule has 0 aliphatic rings. The third-order valence-electron chi connectivity index (χ3n) is 5.30. The van der Waals surface area contributed by atoms with Gasteiger partial charge in [-0.25, -0.2) is 12.8 Å². The predicted molar refractivity (Wildman–Crippen MR) is 130 cm³/mol.